The van der Waals surface area contributed by atoms with Crippen molar-refractivity contribution in [2.24, 2.45) is 0 Å². The van der Waals surface area contributed by atoms with E-state index in [1.807, 2.05) is 36.4 Å². The van der Waals surface area contributed by atoms with Crippen LogP contribution in [0.5, 0.6) is 0 Å². The van der Waals surface area contributed by atoms with E-state index in [9.17, 15) is 4.79 Å². The molecule has 4 rings (SSSR count). The highest BCUT2D eigenvalue weighted by molar-refractivity contribution is 7.10. The number of rotatable bonds is 5. The summed E-state index contributed by atoms with van der Waals surface area (Å²) >= 11 is 1.80. The Bertz CT molecular complexity index is 861. The van der Waals surface area contributed by atoms with E-state index in [1.54, 1.807) is 11.3 Å². The van der Waals surface area contributed by atoms with Gasteiger partial charge in [-0.2, -0.15) is 0 Å². The molecule has 3 nitrogen and oxygen atoms in total. The zero-order valence-electron chi connectivity index (χ0n) is 14.7. The van der Waals surface area contributed by atoms with Gasteiger partial charge in [0.05, 0.1) is 11.4 Å². The molecule has 26 heavy (non-hydrogen) atoms. The van der Waals surface area contributed by atoms with Gasteiger partial charge in [-0.25, -0.2) is 0 Å². The van der Waals surface area contributed by atoms with Crippen molar-refractivity contribution in [2.45, 2.75) is 18.9 Å². The average Bonchev–Trinajstić information content (AvgIpc) is 3.34. The molecule has 0 aliphatic carbocycles. The minimum Gasteiger partial charge on any atom is -0.321 e. The number of nitrogens with one attached hydrogen (secondary N) is 2. The largest absolute Gasteiger partial charge is 0.321 e. The zero-order valence-corrected chi connectivity index (χ0v) is 15.5. The fourth-order valence-electron chi connectivity index (χ4n) is 3.82. The topological polar surface area (TPSA) is 33.5 Å². The van der Waals surface area contributed by atoms with Gasteiger partial charge in [-0.1, -0.05) is 54.6 Å². The lowest BCUT2D eigenvalue weighted by atomic mass is 10.0. The highest BCUT2D eigenvalue weighted by Gasteiger charge is 2.32. The van der Waals surface area contributed by atoms with Gasteiger partial charge >= 0.3 is 0 Å². The van der Waals surface area contributed by atoms with Crippen LogP contribution in [-0.4, -0.2) is 19.0 Å². The van der Waals surface area contributed by atoms with E-state index in [1.165, 1.54) is 22.6 Å². The van der Waals surface area contributed by atoms with Crippen LogP contribution < -0.4 is 10.2 Å². The van der Waals surface area contributed by atoms with Crippen LogP contribution in [0.25, 0.3) is 11.1 Å². The fraction of sp³-hybridized carbons (Fsp3) is 0.227. The van der Waals surface area contributed by atoms with Crippen LogP contribution in [0.2, 0.25) is 0 Å². The van der Waals surface area contributed by atoms with Gasteiger partial charge in [0.2, 0.25) is 0 Å². The predicted octanol–water partition coefficient (Wildman–Crippen LogP) is 3.77. The third kappa shape index (κ3) is 3.71. The van der Waals surface area contributed by atoms with Crippen molar-refractivity contribution in [1.29, 1.82) is 0 Å². The van der Waals surface area contributed by atoms with E-state index in [-0.39, 0.29) is 5.91 Å². The molecular formula is C22H23N2OS+. The molecule has 1 unspecified atom stereocenters. The first-order valence-electron chi connectivity index (χ1n) is 9.13. The standard InChI is InChI=1S/C22H22N2OS/c25-22(16-24-14-6-12-20(24)21-13-7-15-26-21)23-19-11-5-4-10-18(19)17-8-2-1-3-9-17/h1-5,7-11,13,15,20H,6,12,14,16H2,(H,23,25)/p+1/t20-/m1/s1. The van der Waals surface area contributed by atoms with Crippen molar-refractivity contribution in [1.82, 2.24) is 0 Å². The van der Waals surface area contributed by atoms with Gasteiger partial charge in [0, 0.05) is 24.1 Å². The van der Waals surface area contributed by atoms with E-state index in [0.717, 1.165) is 23.4 Å². The van der Waals surface area contributed by atoms with Gasteiger partial charge < -0.3 is 10.2 Å². The third-order valence-electron chi connectivity index (χ3n) is 5.04. The molecule has 3 aromatic rings. The Balaban J connectivity index is 1.47. The van der Waals surface area contributed by atoms with Gasteiger partial charge in [-0.15, -0.1) is 11.3 Å². The van der Waals surface area contributed by atoms with Crippen molar-refractivity contribution in [3.8, 4) is 11.1 Å². The second-order valence-electron chi connectivity index (χ2n) is 6.76. The van der Waals surface area contributed by atoms with Gasteiger partial charge in [0.15, 0.2) is 6.54 Å². The molecule has 1 aliphatic rings. The number of anilines is 1. The molecule has 0 radical (unpaired) electrons. The summed E-state index contributed by atoms with van der Waals surface area (Å²) in [5, 5.41) is 5.27. The molecule has 4 heteroatoms. The van der Waals surface area contributed by atoms with Gasteiger partial charge in [-0.3, -0.25) is 4.79 Å². The molecule has 1 amide bonds. The number of hydrogen-bond donors (Lipinski definition) is 2. The molecule has 1 aliphatic heterocycles. The number of carbonyl (C=O) groups excluding carboxylic acids is 1. The summed E-state index contributed by atoms with van der Waals surface area (Å²) < 4.78 is 0. The lowest BCUT2D eigenvalue weighted by Gasteiger charge is -2.20. The molecule has 0 bridgehead atoms. The second-order valence-corrected chi connectivity index (χ2v) is 7.73. The van der Waals surface area contributed by atoms with Crippen molar-refractivity contribution in [3.05, 3.63) is 77.0 Å². The summed E-state index contributed by atoms with van der Waals surface area (Å²) in [4.78, 5) is 15.5. The minimum absolute atomic E-state index is 0.0897. The third-order valence-corrected chi connectivity index (χ3v) is 6.03. The van der Waals surface area contributed by atoms with Crippen LogP contribution in [0, 0.1) is 0 Å². The Morgan fingerprint density at radius 2 is 1.85 bits per heavy atom. The number of likely N-dealkylation sites (tertiary alicyclic amines) is 1. The second kappa shape index (κ2) is 7.85. The van der Waals surface area contributed by atoms with Crippen molar-refractivity contribution >= 4 is 22.9 Å². The molecular weight excluding hydrogens is 340 g/mol. The first kappa shape index (κ1) is 17.0. The van der Waals surface area contributed by atoms with Crippen LogP contribution in [0.15, 0.2) is 72.1 Å². The lowest BCUT2D eigenvalue weighted by molar-refractivity contribution is -0.910. The molecule has 2 N–H and O–H groups in total. The maximum Gasteiger partial charge on any atom is 0.279 e. The number of quaternary nitrogens is 1. The Morgan fingerprint density at radius 3 is 2.65 bits per heavy atom. The summed E-state index contributed by atoms with van der Waals surface area (Å²) in [5.74, 6) is 0.0897. The first-order chi connectivity index (χ1) is 12.8. The normalized spacial score (nSPS) is 19.4. The first-order valence-corrected chi connectivity index (χ1v) is 10.0. The number of hydrogen-bond acceptors (Lipinski definition) is 2. The minimum atomic E-state index is 0.0897. The lowest BCUT2D eigenvalue weighted by Crippen LogP contribution is -3.11. The SMILES string of the molecule is O=C(C[NH+]1CCC[C@@H]1c1cccs1)Nc1ccccc1-c1ccccc1. The number of carbonyl (C=O) groups is 1. The molecule has 0 spiro atoms. The van der Waals surface area contributed by atoms with Gasteiger partial charge in [-0.05, 0) is 23.1 Å². The van der Waals surface area contributed by atoms with Gasteiger partial charge in [0.25, 0.3) is 5.91 Å². The zero-order chi connectivity index (χ0) is 17.8. The quantitative estimate of drug-likeness (QED) is 0.711. The summed E-state index contributed by atoms with van der Waals surface area (Å²) in [6, 6.07) is 23.0. The van der Waals surface area contributed by atoms with E-state index in [2.05, 4.69) is 41.0 Å². The fourth-order valence-corrected chi connectivity index (χ4v) is 4.74. The highest BCUT2D eigenvalue weighted by atomic mass is 32.1. The van der Waals surface area contributed by atoms with Crippen LogP contribution in [0.1, 0.15) is 23.8 Å². The summed E-state index contributed by atoms with van der Waals surface area (Å²) in [7, 11) is 0. The van der Waals surface area contributed by atoms with Crippen molar-refractivity contribution < 1.29 is 9.69 Å². The number of benzene rings is 2. The van der Waals surface area contributed by atoms with E-state index in [0.29, 0.717) is 12.6 Å². The molecule has 1 saturated heterocycles. The van der Waals surface area contributed by atoms with E-state index < -0.39 is 0 Å². The summed E-state index contributed by atoms with van der Waals surface area (Å²) in [6.45, 7) is 1.59. The van der Waals surface area contributed by atoms with Crippen LogP contribution in [0.4, 0.5) is 5.69 Å². The maximum atomic E-state index is 12.7. The Labute approximate surface area is 158 Å². The highest BCUT2D eigenvalue weighted by Crippen LogP contribution is 2.27. The molecule has 2 aromatic carbocycles. The number of amides is 1. The molecule has 0 saturated carbocycles. The van der Waals surface area contributed by atoms with Crippen LogP contribution in [-0.2, 0) is 4.79 Å². The summed E-state index contributed by atoms with van der Waals surface area (Å²) in [5.41, 5.74) is 3.07. The van der Waals surface area contributed by atoms with Gasteiger partial charge in [0.1, 0.15) is 6.04 Å². The Hall–Kier alpha value is -2.43. The number of thiophene rings is 1. The van der Waals surface area contributed by atoms with Crippen molar-refractivity contribution in [3.63, 3.8) is 0 Å². The van der Waals surface area contributed by atoms with E-state index >= 15 is 0 Å². The Morgan fingerprint density at radius 1 is 1.04 bits per heavy atom. The molecule has 132 valence electrons. The molecule has 1 fully saturated rings. The van der Waals surface area contributed by atoms with E-state index in [4.69, 9.17) is 0 Å². The molecule has 2 heterocycles. The number of para-hydroxylation sites is 1. The van der Waals surface area contributed by atoms with Crippen LogP contribution in [0.3, 0.4) is 0 Å². The monoisotopic (exact) mass is 363 g/mol. The Kier molecular flexibility index (Phi) is 5.14. The molecule has 1 aromatic heterocycles. The van der Waals surface area contributed by atoms with Crippen LogP contribution >= 0.6 is 11.3 Å². The summed E-state index contributed by atoms with van der Waals surface area (Å²) in [6.07, 6.45) is 2.36. The maximum absolute atomic E-state index is 12.7. The molecule has 2 atom stereocenters. The average molecular weight is 364 g/mol. The van der Waals surface area contributed by atoms with Crippen molar-refractivity contribution in [2.75, 3.05) is 18.4 Å². The predicted molar refractivity (Wildman–Crippen MR) is 107 cm³/mol. The smallest absolute Gasteiger partial charge is 0.279 e.